The fourth-order valence-electron chi connectivity index (χ4n) is 1.22. The third-order valence-electron chi connectivity index (χ3n) is 1.90. The van der Waals surface area contributed by atoms with Crippen LogP contribution in [0.5, 0.6) is 0 Å². The van der Waals surface area contributed by atoms with Gasteiger partial charge in [-0.1, -0.05) is 0 Å². The van der Waals surface area contributed by atoms with Crippen LogP contribution in [0.3, 0.4) is 0 Å². The second-order valence-electron chi connectivity index (χ2n) is 3.84. The Bertz CT molecular complexity index is 304. The summed E-state index contributed by atoms with van der Waals surface area (Å²) in [6, 6.07) is 2.20. The summed E-state index contributed by atoms with van der Waals surface area (Å²) < 4.78 is 4.97. The summed E-state index contributed by atoms with van der Waals surface area (Å²) in [7, 11) is 1.70. The lowest BCUT2D eigenvalue weighted by Gasteiger charge is -2.10. The van der Waals surface area contributed by atoms with Crippen LogP contribution in [0.15, 0.2) is 12.3 Å². The van der Waals surface area contributed by atoms with Crippen molar-refractivity contribution in [2.45, 2.75) is 26.3 Å². The first-order valence-corrected chi connectivity index (χ1v) is 5.54. The van der Waals surface area contributed by atoms with Crippen molar-refractivity contribution in [3.8, 4) is 0 Å². The standard InChI is InChI=1S/C11H20N4O/c1-9(2)14-11-13-7-5-10(15-11)12-6-4-8-16-3/h5,7,9H,4,6,8H2,1-3H3,(H2,12,13,14,15). The van der Waals surface area contributed by atoms with Crippen LogP contribution in [-0.2, 0) is 4.74 Å². The minimum absolute atomic E-state index is 0.337. The summed E-state index contributed by atoms with van der Waals surface area (Å²) in [5.74, 6) is 1.50. The Kier molecular flexibility index (Phi) is 5.56. The Labute approximate surface area is 96.6 Å². The molecule has 1 aromatic heterocycles. The third-order valence-corrected chi connectivity index (χ3v) is 1.90. The molecule has 2 N–H and O–H groups in total. The molecule has 0 atom stereocenters. The number of nitrogens with zero attached hydrogens (tertiary/aromatic N) is 2. The summed E-state index contributed by atoms with van der Waals surface area (Å²) in [5, 5.41) is 6.38. The highest BCUT2D eigenvalue weighted by Gasteiger charge is 1.99. The summed E-state index contributed by atoms with van der Waals surface area (Å²) in [5.41, 5.74) is 0. The molecule has 0 spiro atoms. The number of ether oxygens (including phenoxy) is 1. The lowest BCUT2D eigenvalue weighted by Crippen LogP contribution is -2.13. The summed E-state index contributed by atoms with van der Waals surface area (Å²) in [6.07, 6.45) is 2.71. The molecule has 0 radical (unpaired) electrons. The van der Waals surface area contributed by atoms with E-state index in [9.17, 15) is 0 Å². The van der Waals surface area contributed by atoms with Gasteiger partial charge in [0.2, 0.25) is 5.95 Å². The van der Waals surface area contributed by atoms with Gasteiger partial charge >= 0.3 is 0 Å². The summed E-state index contributed by atoms with van der Waals surface area (Å²) >= 11 is 0. The van der Waals surface area contributed by atoms with Gasteiger partial charge in [0.05, 0.1) is 0 Å². The lowest BCUT2D eigenvalue weighted by atomic mass is 10.4. The zero-order valence-electron chi connectivity index (χ0n) is 10.2. The SMILES string of the molecule is COCCCNc1ccnc(NC(C)C)n1. The van der Waals surface area contributed by atoms with Crippen molar-refractivity contribution in [3.05, 3.63) is 12.3 Å². The maximum Gasteiger partial charge on any atom is 0.224 e. The van der Waals surface area contributed by atoms with E-state index in [1.807, 2.05) is 6.07 Å². The van der Waals surface area contributed by atoms with Crippen LogP contribution in [-0.4, -0.2) is 36.3 Å². The smallest absolute Gasteiger partial charge is 0.224 e. The molecule has 0 saturated heterocycles. The molecule has 0 aromatic carbocycles. The van der Waals surface area contributed by atoms with Crippen LogP contribution in [0.1, 0.15) is 20.3 Å². The molecule has 5 nitrogen and oxygen atoms in total. The van der Waals surface area contributed by atoms with E-state index in [0.29, 0.717) is 12.0 Å². The number of methoxy groups -OCH3 is 1. The average Bonchev–Trinajstić information content (AvgIpc) is 2.24. The number of anilines is 2. The molecule has 1 rings (SSSR count). The number of aromatic nitrogens is 2. The van der Waals surface area contributed by atoms with Crippen LogP contribution >= 0.6 is 0 Å². The van der Waals surface area contributed by atoms with Crippen molar-refractivity contribution >= 4 is 11.8 Å². The lowest BCUT2D eigenvalue weighted by molar-refractivity contribution is 0.198. The zero-order chi connectivity index (χ0) is 11.8. The van der Waals surface area contributed by atoms with Crippen molar-refractivity contribution in [3.63, 3.8) is 0 Å². The molecule has 0 aliphatic heterocycles. The number of rotatable bonds is 7. The predicted molar refractivity (Wildman–Crippen MR) is 65.8 cm³/mol. The van der Waals surface area contributed by atoms with Gasteiger partial charge in [0.15, 0.2) is 0 Å². The van der Waals surface area contributed by atoms with Crippen molar-refractivity contribution < 1.29 is 4.74 Å². The van der Waals surface area contributed by atoms with E-state index in [0.717, 1.165) is 25.4 Å². The highest BCUT2D eigenvalue weighted by molar-refractivity contribution is 5.39. The Morgan fingerprint density at radius 2 is 2.25 bits per heavy atom. The number of hydrogen-bond donors (Lipinski definition) is 2. The fraction of sp³-hybridized carbons (Fsp3) is 0.636. The Morgan fingerprint density at radius 1 is 1.44 bits per heavy atom. The van der Waals surface area contributed by atoms with Gasteiger partial charge in [-0.3, -0.25) is 0 Å². The molecule has 5 heteroatoms. The quantitative estimate of drug-likeness (QED) is 0.691. The largest absolute Gasteiger partial charge is 0.385 e. The molecule has 1 aromatic rings. The van der Waals surface area contributed by atoms with E-state index in [4.69, 9.17) is 4.74 Å². The van der Waals surface area contributed by atoms with Gasteiger partial charge in [0, 0.05) is 32.5 Å². The number of hydrogen-bond acceptors (Lipinski definition) is 5. The highest BCUT2D eigenvalue weighted by atomic mass is 16.5. The van der Waals surface area contributed by atoms with E-state index >= 15 is 0 Å². The molecule has 0 saturated carbocycles. The Hall–Kier alpha value is -1.36. The van der Waals surface area contributed by atoms with E-state index in [1.54, 1.807) is 13.3 Å². The van der Waals surface area contributed by atoms with Gasteiger partial charge < -0.3 is 15.4 Å². The van der Waals surface area contributed by atoms with Crippen LogP contribution in [0, 0.1) is 0 Å². The second kappa shape index (κ2) is 7.00. The Balaban J connectivity index is 2.41. The fourth-order valence-corrected chi connectivity index (χ4v) is 1.22. The molecule has 0 bridgehead atoms. The molecule has 0 aliphatic carbocycles. The molecule has 0 unspecified atom stereocenters. The predicted octanol–water partition coefficient (Wildman–Crippen LogP) is 1.75. The first-order valence-electron chi connectivity index (χ1n) is 5.54. The summed E-state index contributed by atoms with van der Waals surface area (Å²) in [6.45, 7) is 5.73. The molecule has 0 aliphatic rings. The first-order chi connectivity index (χ1) is 7.72. The van der Waals surface area contributed by atoms with Gasteiger partial charge in [0.25, 0.3) is 0 Å². The highest BCUT2D eigenvalue weighted by Crippen LogP contribution is 2.06. The topological polar surface area (TPSA) is 59.1 Å². The maximum atomic E-state index is 4.97. The van der Waals surface area contributed by atoms with Gasteiger partial charge in [-0.05, 0) is 26.3 Å². The third kappa shape index (κ3) is 4.93. The summed E-state index contributed by atoms with van der Waals surface area (Å²) in [4.78, 5) is 8.47. The normalized spacial score (nSPS) is 10.5. The number of nitrogens with one attached hydrogen (secondary N) is 2. The van der Waals surface area contributed by atoms with Crippen LogP contribution < -0.4 is 10.6 Å². The molecule has 1 heterocycles. The van der Waals surface area contributed by atoms with Crippen molar-refractivity contribution in [2.75, 3.05) is 30.9 Å². The van der Waals surface area contributed by atoms with Gasteiger partial charge in [-0.2, -0.15) is 4.98 Å². The van der Waals surface area contributed by atoms with Crippen molar-refractivity contribution in [1.82, 2.24) is 9.97 Å². The molecule has 90 valence electrons. The van der Waals surface area contributed by atoms with Gasteiger partial charge in [0.1, 0.15) is 5.82 Å². The van der Waals surface area contributed by atoms with E-state index < -0.39 is 0 Å². The van der Waals surface area contributed by atoms with Crippen LogP contribution in [0.4, 0.5) is 11.8 Å². The molecule has 16 heavy (non-hydrogen) atoms. The van der Waals surface area contributed by atoms with Crippen LogP contribution in [0.25, 0.3) is 0 Å². The van der Waals surface area contributed by atoms with Crippen molar-refractivity contribution in [2.24, 2.45) is 0 Å². The Morgan fingerprint density at radius 3 is 2.94 bits per heavy atom. The average molecular weight is 224 g/mol. The minimum atomic E-state index is 0.337. The van der Waals surface area contributed by atoms with Crippen LogP contribution in [0.2, 0.25) is 0 Å². The molecular weight excluding hydrogens is 204 g/mol. The molecule has 0 amide bonds. The molecular formula is C11H20N4O. The van der Waals surface area contributed by atoms with Gasteiger partial charge in [-0.15, -0.1) is 0 Å². The van der Waals surface area contributed by atoms with Crippen molar-refractivity contribution in [1.29, 1.82) is 0 Å². The minimum Gasteiger partial charge on any atom is -0.385 e. The second-order valence-corrected chi connectivity index (χ2v) is 3.84. The van der Waals surface area contributed by atoms with Gasteiger partial charge in [-0.25, -0.2) is 4.98 Å². The monoisotopic (exact) mass is 224 g/mol. The molecule has 0 fully saturated rings. The van der Waals surface area contributed by atoms with E-state index in [2.05, 4.69) is 34.4 Å². The first kappa shape index (κ1) is 12.7. The van der Waals surface area contributed by atoms with E-state index in [-0.39, 0.29) is 0 Å². The zero-order valence-corrected chi connectivity index (χ0v) is 10.2. The van der Waals surface area contributed by atoms with E-state index in [1.165, 1.54) is 0 Å². The maximum absolute atomic E-state index is 4.97.